The van der Waals surface area contributed by atoms with E-state index in [0.717, 1.165) is 17.4 Å². The molecule has 2 unspecified atom stereocenters. The Morgan fingerprint density at radius 3 is 2.21 bits per heavy atom. The van der Waals surface area contributed by atoms with Gasteiger partial charge in [0.25, 0.3) is 5.91 Å². The summed E-state index contributed by atoms with van der Waals surface area (Å²) in [6.45, 7) is 0.157. The van der Waals surface area contributed by atoms with Crippen LogP contribution in [0.2, 0.25) is 0 Å². The van der Waals surface area contributed by atoms with E-state index in [1.165, 1.54) is 0 Å². The molecule has 0 aliphatic rings. The van der Waals surface area contributed by atoms with Gasteiger partial charge in [-0.2, -0.15) is 0 Å². The molecule has 0 fully saturated rings. The second-order valence-corrected chi connectivity index (χ2v) is 8.46. The minimum absolute atomic E-state index is 0.00563. The van der Waals surface area contributed by atoms with Gasteiger partial charge in [-0.3, -0.25) is 4.79 Å². The van der Waals surface area contributed by atoms with E-state index < -0.39 is 36.7 Å². The molecule has 1 aromatic heterocycles. The number of nitrogens with two attached hydrogens (primary N) is 1. The monoisotopic (exact) mass is 524 g/mol. The van der Waals surface area contributed by atoms with Crippen molar-refractivity contribution in [1.29, 1.82) is 0 Å². The first-order valence-corrected chi connectivity index (χ1v) is 12.2. The molecule has 5 N–H and O–H groups in total. The van der Waals surface area contributed by atoms with E-state index in [9.17, 15) is 14.4 Å². The van der Waals surface area contributed by atoms with Crippen LogP contribution in [0, 0.1) is 0 Å². The highest BCUT2D eigenvalue weighted by Crippen LogP contribution is 2.12. The zero-order valence-corrected chi connectivity index (χ0v) is 20.9. The second-order valence-electron chi connectivity index (χ2n) is 8.46. The number of rotatable bonds is 14. The van der Waals surface area contributed by atoms with Gasteiger partial charge in [0.2, 0.25) is 5.89 Å². The molecule has 2 atom stereocenters. The summed E-state index contributed by atoms with van der Waals surface area (Å²) in [7, 11) is 0. The fourth-order valence-corrected chi connectivity index (χ4v) is 3.39. The largest absolute Gasteiger partial charge is 0.459 e. The fourth-order valence-electron chi connectivity index (χ4n) is 3.39. The maximum Gasteiger partial charge on any atom is 0.407 e. The minimum Gasteiger partial charge on any atom is -0.459 e. The van der Waals surface area contributed by atoms with Gasteiger partial charge in [-0.1, -0.05) is 60.7 Å². The number of oxazole rings is 1. The number of benzene rings is 2. The normalized spacial score (nSPS) is 12.3. The Labute approximate surface area is 220 Å². The number of hydrogen-bond donors (Lipinski definition) is 4. The van der Waals surface area contributed by atoms with Gasteiger partial charge in [-0.15, -0.1) is 0 Å². The molecule has 0 bridgehead atoms. The topological polar surface area (TPSA) is 166 Å². The van der Waals surface area contributed by atoms with E-state index in [0.29, 0.717) is 19.4 Å². The Morgan fingerprint density at radius 2 is 1.58 bits per heavy atom. The molecule has 0 spiro atoms. The Morgan fingerprint density at radius 1 is 0.947 bits per heavy atom. The molecule has 0 aliphatic heterocycles. The van der Waals surface area contributed by atoms with Crippen molar-refractivity contribution in [3.63, 3.8) is 0 Å². The van der Waals surface area contributed by atoms with Crippen LogP contribution in [-0.4, -0.2) is 47.3 Å². The summed E-state index contributed by atoms with van der Waals surface area (Å²) in [5.74, 6) is -1.24. The van der Waals surface area contributed by atoms with Crippen molar-refractivity contribution in [3.05, 3.63) is 89.6 Å². The molecule has 3 rings (SSSR count). The number of alkyl carbamates (subject to hydrolysis) is 1. The highest BCUT2D eigenvalue weighted by molar-refractivity contribution is 5.94. The van der Waals surface area contributed by atoms with Crippen molar-refractivity contribution in [2.75, 3.05) is 13.2 Å². The lowest BCUT2D eigenvalue weighted by atomic mass is 10.1. The molecule has 0 saturated heterocycles. The van der Waals surface area contributed by atoms with Crippen LogP contribution < -0.4 is 16.4 Å². The van der Waals surface area contributed by atoms with Gasteiger partial charge >= 0.3 is 12.1 Å². The number of aliphatic hydroxyl groups is 1. The maximum atomic E-state index is 12.8. The van der Waals surface area contributed by atoms with Crippen LogP contribution in [0.25, 0.3) is 0 Å². The molecule has 0 saturated carbocycles. The van der Waals surface area contributed by atoms with Crippen molar-refractivity contribution >= 4 is 18.0 Å². The predicted molar refractivity (Wildman–Crippen MR) is 136 cm³/mol. The van der Waals surface area contributed by atoms with E-state index in [1.54, 1.807) is 0 Å². The van der Waals surface area contributed by atoms with Gasteiger partial charge < -0.3 is 35.4 Å². The molecule has 3 aromatic rings. The third-order valence-electron chi connectivity index (χ3n) is 5.48. The van der Waals surface area contributed by atoms with E-state index in [4.69, 9.17) is 24.7 Å². The van der Waals surface area contributed by atoms with E-state index in [1.807, 2.05) is 60.7 Å². The Hall–Kier alpha value is -4.22. The summed E-state index contributed by atoms with van der Waals surface area (Å²) in [6, 6.07) is 16.7. The molecule has 0 radical (unpaired) electrons. The highest BCUT2D eigenvalue weighted by Gasteiger charge is 2.25. The Balaban J connectivity index is 1.49. The lowest BCUT2D eigenvalue weighted by molar-refractivity contribution is -0.147. The van der Waals surface area contributed by atoms with Crippen molar-refractivity contribution in [3.8, 4) is 0 Å². The number of carbonyl (C=O) groups is 3. The van der Waals surface area contributed by atoms with E-state index in [-0.39, 0.29) is 31.2 Å². The predicted octanol–water partition coefficient (Wildman–Crippen LogP) is 2.61. The maximum absolute atomic E-state index is 12.8. The number of aromatic nitrogens is 1. The standard InChI is InChI=1S/C27H32N4O7/c28-21(15-32)25-31-23(18-36-25)24(33)30-22(26(34)37-16-19-9-3-1-4-10-19)13-7-8-14-29-27(35)38-17-20-11-5-2-6-12-20/h1-6,9-12,18,21-22,32H,7-8,13-17,28H2,(H,29,35)(H,30,33). The first kappa shape index (κ1) is 28.4. The number of ether oxygens (including phenoxy) is 2. The number of aliphatic hydroxyl groups excluding tert-OH is 1. The van der Waals surface area contributed by atoms with Crippen LogP contribution in [0.1, 0.15) is 52.8 Å². The van der Waals surface area contributed by atoms with E-state index >= 15 is 0 Å². The third-order valence-corrected chi connectivity index (χ3v) is 5.48. The SMILES string of the molecule is NC(CO)c1nc(C(=O)NC(CCCCNC(=O)OCc2ccccc2)C(=O)OCc2ccccc2)co1. The summed E-state index contributed by atoms with van der Waals surface area (Å²) in [5.41, 5.74) is 7.28. The molecule has 11 nitrogen and oxygen atoms in total. The number of hydrogen-bond acceptors (Lipinski definition) is 9. The van der Waals surface area contributed by atoms with Gasteiger partial charge in [0.1, 0.15) is 31.6 Å². The fraction of sp³-hybridized carbons (Fsp3) is 0.333. The third kappa shape index (κ3) is 9.34. The van der Waals surface area contributed by atoms with Crippen molar-refractivity contribution in [2.45, 2.75) is 44.6 Å². The van der Waals surface area contributed by atoms with Crippen LogP contribution in [-0.2, 0) is 27.5 Å². The smallest absolute Gasteiger partial charge is 0.407 e. The summed E-state index contributed by atoms with van der Waals surface area (Å²) in [4.78, 5) is 41.4. The molecule has 11 heteroatoms. The first-order chi connectivity index (χ1) is 18.5. The van der Waals surface area contributed by atoms with Gasteiger partial charge in [0, 0.05) is 6.54 Å². The summed E-state index contributed by atoms with van der Waals surface area (Å²) in [5, 5.41) is 14.4. The van der Waals surface area contributed by atoms with Crippen LogP contribution >= 0.6 is 0 Å². The van der Waals surface area contributed by atoms with E-state index in [2.05, 4.69) is 15.6 Å². The quantitative estimate of drug-likeness (QED) is 0.183. The van der Waals surface area contributed by atoms with Crippen LogP contribution in [0.15, 0.2) is 71.3 Å². The molecule has 2 amide bonds. The van der Waals surface area contributed by atoms with Crippen LogP contribution in [0.3, 0.4) is 0 Å². The van der Waals surface area contributed by atoms with Crippen molar-refractivity contribution < 1.29 is 33.4 Å². The zero-order chi connectivity index (χ0) is 27.2. The lowest BCUT2D eigenvalue weighted by Crippen LogP contribution is -2.42. The molecule has 0 aliphatic carbocycles. The number of unbranched alkanes of at least 4 members (excludes halogenated alkanes) is 1. The van der Waals surface area contributed by atoms with Gasteiger partial charge in [-0.05, 0) is 30.4 Å². The van der Waals surface area contributed by atoms with Gasteiger partial charge in [0.15, 0.2) is 5.69 Å². The molecule has 202 valence electrons. The molecular formula is C27H32N4O7. The Kier molecular flexibility index (Phi) is 11.3. The van der Waals surface area contributed by atoms with Crippen LogP contribution in [0.5, 0.6) is 0 Å². The summed E-state index contributed by atoms with van der Waals surface area (Å²) in [6.07, 6.45) is 1.88. The average Bonchev–Trinajstić information content (AvgIpc) is 3.45. The van der Waals surface area contributed by atoms with Gasteiger partial charge in [-0.25, -0.2) is 14.6 Å². The molecule has 2 aromatic carbocycles. The molecular weight excluding hydrogens is 492 g/mol. The number of esters is 1. The number of nitrogens with one attached hydrogen (secondary N) is 2. The minimum atomic E-state index is -0.956. The first-order valence-electron chi connectivity index (χ1n) is 12.2. The second kappa shape index (κ2) is 15.1. The number of carbonyl (C=O) groups excluding carboxylic acids is 3. The lowest BCUT2D eigenvalue weighted by Gasteiger charge is -2.17. The summed E-state index contributed by atoms with van der Waals surface area (Å²) < 4.78 is 15.7. The zero-order valence-electron chi connectivity index (χ0n) is 20.9. The molecule has 1 heterocycles. The van der Waals surface area contributed by atoms with Crippen molar-refractivity contribution in [1.82, 2.24) is 15.6 Å². The van der Waals surface area contributed by atoms with Crippen molar-refractivity contribution in [2.24, 2.45) is 5.73 Å². The van der Waals surface area contributed by atoms with Gasteiger partial charge in [0.05, 0.1) is 6.61 Å². The van der Waals surface area contributed by atoms with Crippen LogP contribution in [0.4, 0.5) is 4.79 Å². The number of nitrogens with zero attached hydrogens (tertiary/aromatic N) is 1. The molecule has 38 heavy (non-hydrogen) atoms. The Bertz CT molecular complexity index is 1150. The summed E-state index contributed by atoms with van der Waals surface area (Å²) >= 11 is 0. The highest BCUT2D eigenvalue weighted by atomic mass is 16.5. The number of amides is 2. The average molecular weight is 525 g/mol.